The van der Waals surface area contributed by atoms with Crippen molar-refractivity contribution in [3.63, 3.8) is 0 Å². The Morgan fingerprint density at radius 1 is 1.33 bits per heavy atom. The number of aromatic nitrogens is 3. The Morgan fingerprint density at radius 3 is 2.67 bits per heavy atom. The van der Waals surface area contributed by atoms with Gasteiger partial charge in [-0.3, -0.25) is 4.79 Å². The maximum absolute atomic E-state index is 11.1. The van der Waals surface area contributed by atoms with E-state index in [-0.39, 0.29) is 12.3 Å². The van der Waals surface area contributed by atoms with E-state index < -0.39 is 5.91 Å². The third kappa shape index (κ3) is 2.36. The van der Waals surface area contributed by atoms with Crippen molar-refractivity contribution in [3.8, 4) is 23.1 Å². The van der Waals surface area contributed by atoms with Gasteiger partial charge < -0.3 is 10.8 Å². The highest BCUT2D eigenvalue weighted by atomic mass is 16.2. The van der Waals surface area contributed by atoms with Crippen LogP contribution in [0.25, 0.3) is 11.3 Å². The number of carbonyl (C=O) groups is 1. The number of primary amides is 1. The van der Waals surface area contributed by atoms with Gasteiger partial charge in [0.25, 0.3) is 5.91 Å². The van der Waals surface area contributed by atoms with E-state index in [2.05, 4.69) is 27.3 Å². The lowest BCUT2D eigenvalue weighted by Gasteiger charge is -1.98. The number of nitrogens with two attached hydrogens (primary N) is 1. The number of hydrogen-bond donors (Lipinski definition) is 3. The van der Waals surface area contributed by atoms with Crippen LogP contribution in [-0.2, 0) is 0 Å². The summed E-state index contributed by atoms with van der Waals surface area (Å²) < 4.78 is 0. The molecule has 0 radical (unpaired) electrons. The van der Waals surface area contributed by atoms with Gasteiger partial charge >= 0.3 is 0 Å². The Balaban J connectivity index is 2.34. The fourth-order valence-electron chi connectivity index (χ4n) is 1.46. The molecule has 1 aromatic carbocycles. The van der Waals surface area contributed by atoms with Crippen LogP contribution in [0.4, 0.5) is 0 Å². The van der Waals surface area contributed by atoms with E-state index in [1.807, 2.05) is 0 Å². The van der Waals surface area contributed by atoms with E-state index >= 15 is 0 Å². The van der Waals surface area contributed by atoms with E-state index in [0.29, 0.717) is 11.3 Å². The van der Waals surface area contributed by atoms with Crippen LogP contribution >= 0.6 is 0 Å². The van der Waals surface area contributed by atoms with Crippen LogP contribution in [0.2, 0.25) is 0 Å². The van der Waals surface area contributed by atoms with Crippen molar-refractivity contribution in [2.45, 2.75) is 0 Å². The fourth-order valence-corrected chi connectivity index (χ4v) is 1.46. The molecule has 2 aromatic rings. The van der Waals surface area contributed by atoms with E-state index in [1.54, 1.807) is 24.3 Å². The summed E-state index contributed by atoms with van der Waals surface area (Å²) in [6.45, 7) is -0.184. The zero-order valence-electron chi connectivity index (χ0n) is 9.34. The molecule has 1 heterocycles. The summed E-state index contributed by atoms with van der Waals surface area (Å²) in [6, 6.07) is 7.03. The molecule has 0 saturated heterocycles. The molecule has 0 saturated carbocycles. The number of rotatable bonds is 2. The molecule has 6 nitrogen and oxygen atoms in total. The van der Waals surface area contributed by atoms with E-state index in [1.165, 1.54) is 0 Å². The lowest BCUT2D eigenvalue weighted by atomic mass is 10.1. The molecular formula is C12H10N4O2. The van der Waals surface area contributed by atoms with Crippen LogP contribution < -0.4 is 5.73 Å². The van der Waals surface area contributed by atoms with Gasteiger partial charge in [-0.15, -0.1) is 0 Å². The van der Waals surface area contributed by atoms with Crippen LogP contribution in [-0.4, -0.2) is 33.0 Å². The van der Waals surface area contributed by atoms with Gasteiger partial charge in [0.1, 0.15) is 12.3 Å². The van der Waals surface area contributed by atoms with Crippen LogP contribution in [0.3, 0.4) is 0 Å². The molecule has 4 N–H and O–H groups in total. The number of aliphatic hydroxyl groups excluding tert-OH is 1. The van der Waals surface area contributed by atoms with Gasteiger partial charge in [-0.1, -0.05) is 24.0 Å². The Morgan fingerprint density at radius 2 is 2.06 bits per heavy atom. The Labute approximate surface area is 103 Å². The van der Waals surface area contributed by atoms with E-state index in [4.69, 9.17) is 10.8 Å². The third-order valence-electron chi connectivity index (χ3n) is 2.25. The zero-order chi connectivity index (χ0) is 13.0. The molecule has 2 rings (SSSR count). The molecule has 0 fully saturated rings. The van der Waals surface area contributed by atoms with Crippen molar-refractivity contribution in [1.29, 1.82) is 0 Å². The van der Waals surface area contributed by atoms with Gasteiger partial charge in [0.2, 0.25) is 0 Å². The highest BCUT2D eigenvalue weighted by molar-refractivity contribution is 5.96. The highest BCUT2D eigenvalue weighted by Gasteiger charge is 2.14. The molecule has 0 aliphatic carbocycles. The molecule has 0 atom stereocenters. The van der Waals surface area contributed by atoms with Crippen LogP contribution in [0, 0.1) is 11.8 Å². The second-order valence-electron chi connectivity index (χ2n) is 3.42. The monoisotopic (exact) mass is 242 g/mol. The van der Waals surface area contributed by atoms with Gasteiger partial charge in [0, 0.05) is 11.1 Å². The van der Waals surface area contributed by atoms with Gasteiger partial charge in [-0.05, 0) is 12.1 Å². The number of H-pyrrole nitrogens is 1. The Hall–Kier alpha value is -2.65. The summed E-state index contributed by atoms with van der Waals surface area (Å²) in [4.78, 5) is 11.1. The van der Waals surface area contributed by atoms with E-state index in [9.17, 15) is 4.79 Å². The second kappa shape index (κ2) is 5.12. The first-order valence-electron chi connectivity index (χ1n) is 5.13. The number of aliphatic hydroxyl groups is 1. The standard InChI is InChI=1S/C12H10N4O2/c13-12(18)11-10(14-16-15-11)9-5-3-8(4-6-9)2-1-7-17/h3-6,17H,7H2,(H2,13,18)(H,14,15,16). The molecule has 1 aromatic heterocycles. The number of amides is 1. The fraction of sp³-hybridized carbons (Fsp3) is 0.0833. The van der Waals surface area contributed by atoms with Crippen molar-refractivity contribution in [3.05, 3.63) is 35.5 Å². The molecular weight excluding hydrogens is 232 g/mol. The predicted octanol–water partition coefficient (Wildman–Crippen LogP) is -0.0856. The molecule has 6 heteroatoms. The minimum absolute atomic E-state index is 0.101. The number of nitrogens with zero attached hydrogens (tertiary/aromatic N) is 2. The predicted molar refractivity (Wildman–Crippen MR) is 64.3 cm³/mol. The van der Waals surface area contributed by atoms with Crippen molar-refractivity contribution >= 4 is 5.91 Å². The highest BCUT2D eigenvalue weighted by Crippen LogP contribution is 2.19. The second-order valence-corrected chi connectivity index (χ2v) is 3.42. The van der Waals surface area contributed by atoms with Crippen molar-refractivity contribution < 1.29 is 9.90 Å². The van der Waals surface area contributed by atoms with Gasteiger partial charge in [-0.2, -0.15) is 15.4 Å². The van der Waals surface area contributed by atoms with Crippen molar-refractivity contribution in [2.24, 2.45) is 5.73 Å². The molecule has 18 heavy (non-hydrogen) atoms. The Kier molecular flexibility index (Phi) is 3.36. The summed E-state index contributed by atoms with van der Waals surface area (Å²) in [5.74, 6) is 4.68. The number of hydrogen-bond acceptors (Lipinski definition) is 4. The zero-order valence-corrected chi connectivity index (χ0v) is 9.34. The van der Waals surface area contributed by atoms with Crippen LogP contribution in [0.5, 0.6) is 0 Å². The summed E-state index contributed by atoms with van der Waals surface area (Å²) in [5.41, 5.74) is 7.16. The topological polar surface area (TPSA) is 105 Å². The number of benzene rings is 1. The SMILES string of the molecule is NC(=O)c1n[nH]nc1-c1ccc(C#CCO)cc1. The van der Waals surface area contributed by atoms with Gasteiger partial charge in [-0.25, -0.2) is 0 Å². The first-order chi connectivity index (χ1) is 8.72. The maximum atomic E-state index is 11.1. The average molecular weight is 242 g/mol. The molecule has 0 spiro atoms. The first-order valence-corrected chi connectivity index (χ1v) is 5.13. The third-order valence-corrected chi connectivity index (χ3v) is 2.25. The lowest BCUT2D eigenvalue weighted by molar-refractivity contribution is 0.0996. The normalized spacial score (nSPS) is 9.61. The molecule has 90 valence electrons. The first kappa shape index (κ1) is 11.8. The maximum Gasteiger partial charge on any atom is 0.271 e. The minimum atomic E-state index is -0.636. The summed E-state index contributed by atoms with van der Waals surface area (Å²) in [6.07, 6.45) is 0. The minimum Gasteiger partial charge on any atom is -0.384 e. The van der Waals surface area contributed by atoms with Crippen LogP contribution in [0.1, 0.15) is 16.1 Å². The Bertz CT molecular complexity index is 620. The molecule has 1 amide bonds. The summed E-state index contributed by atoms with van der Waals surface area (Å²) in [7, 11) is 0. The quantitative estimate of drug-likeness (QED) is 0.640. The number of aromatic amines is 1. The molecule has 0 unspecified atom stereocenters. The smallest absolute Gasteiger partial charge is 0.271 e. The lowest BCUT2D eigenvalue weighted by Crippen LogP contribution is -2.12. The molecule has 0 bridgehead atoms. The van der Waals surface area contributed by atoms with Crippen molar-refractivity contribution in [1.82, 2.24) is 15.4 Å². The summed E-state index contributed by atoms with van der Waals surface area (Å²) >= 11 is 0. The van der Waals surface area contributed by atoms with E-state index in [0.717, 1.165) is 5.56 Å². The average Bonchev–Trinajstić information content (AvgIpc) is 2.86. The molecule has 0 aliphatic rings. The van der Waals surface area contributed by atoms with Crippen LogP contribution in [0.15, 0.2) is 24.3 Å². The van der Waals surface area contributed by atoms with Gasteiger partial charge in [0.05, 0.1) is 0 Å². The number of nitrogens with one attached hydrogen (secondary N) is 1. The summed E-state index contributed by atoms with van der Waals surface area (Å²) in [5, 5.41) is 18.5. The largest absolute Gasteiger partial charge is 0.384 e. The van der Waals surface area contributed by atoms with Crippen molar-refractivity contribution in [2.75, 3.05) is 6.61 Å². The van der Waals surface area contributed by atoms with Gasteiger partial charge in [0.15, 0.2) is 5.69 Å². The number of carbonyl (C=O) groups excluding carboxylic acids is 1. The molecule has 0 aliphatic heterocycles.